The number of carbonyl (C=O) groups excluding carboxylic acids is 1. The molecule has 2 N–H and O–H groups in total. The summed E-state index contributed by atoms with van der Waals surface area (Å²) < 4.78 is 0.939. The van der Waals surface area contributed by atoms with Gasteiger partial charge in [-0.1, -0.05) is 28.9 Å². The molecule has 0 aliphatic heterocycles. The Morgan fingerprint density at radius 2 is 1.85 bits per heavy atom. The molecule has 4 heteroatoms. The van der Waals surface area contributed by atoms with Gasteiger partial charge in [-0.05, 0) is 48.9 Å². The smallest absolute Gasteiger partial charge is 0.255 e. The summed E-state index contributed by atoms with van der Waals surface area (Å²) in [5.41, 5.74) is 2.45. The van der Waals surface area contributed by atoms with Crippen molar-refractivity contribution in [2.45, 2.75) is 13.3 Å². The van der Waals surface area contributed by atoms with Gasteiger partial charge in [-0.25, -0.2) is 0 Å². The second-order valence-corrected chi connectivity index (χ2v) is 5.38. The Morgan fingerprint density at radius 3 is 2.50 bits per heavy atom. The van der Waals surface area contributed by atoms with E-state index in [1.807, 2.05) is 48.5 Å². The number of halogens is 1. The molecule has 0 atom stereocenters. The predicted octanol–water partition coefficient (Wildman–Crippen LogP) is 4.52. The Labute approximate surface area is 127 Å². The maximum Gasteiger partial charge on any atom is 0.255 e. The van der Waals surface area contributed by atoms with Gasteiger partial charge in [-0.15, -0.1) is 0 Å². The van der Waals surface area contributed by atoms with Crippen molar-refractivity contribution in [3.05, 3.63) is 58.6 Å². The van der Waals surface area contributed by atoms with Crippen molar-refractivity contribution < 1.29 is 4.79 Å². The monoisotopic (exact) mass is 332 g/mol. The van der Waals surface area contributed by atoms with E-state index in [0.29, 0.717) is 5.56 Å². The molecule has 0 aliphatic rings. The average Bonchev–Trinajstić information content (AvgIpc) is 2.45. The van der Waals surface area contributed by atoms with Crippen LogP contribution in [0.3, 0.4) is 0 Å². The van der Waals surface area contributed by atoms with Crippen molar-refractivity contribution in [2.75, 3.05) is 17.2 Å². The molecule has 2 aromatic carbocycles. The molecular weight excluding hydrogens is 316 g/mol. The van der Waals surface area contributed by atoms with Crippen LogP contribution in [0.4, 0.5) is 11.4 Å². The highest BCUT2D eigenvalue weighted by atomic mass is 79.9. The van der Waals surface area contributed by atoms with Crippen molar-refractivity contribution in [2.24, 2.45) is 0 Å². The molecule has 0 bridgehead atoms. The third-order valence-electron chi connectivity index (χ3n) is 2.81. The highest BCUT2D eigenvalue weighted by Crippen LogP contribution is 2.17. The Balaban J connectivity index is 2.02. The van der Waals surface area contributed by atoms with E-state index in [-0.39, 0.29) is 5.91 Å². The molecular formula is C16H17BrN2O. The topological polar surface area (TPSA) is 41.1 Å². The molecule has 2 rings (SSSR count). The van der Waals surface area contributed by atoms with Crippen molar-refractivity contribution in [3.63, 3.8) is 0 Å². The fourth-order valence-corrected chi connectivity index (χ4v) is 2.18. The number of anilines is 2. The molecule has 0 saturated heterocycles. The molecule has 20 heavy (non-hydrogen) atoms. The largest absolute Gasteiger partial charge is 0.385 e. The van der Waals surface area contributed by atoms with E-state index in [9.17, 15) is 4.79 Å². The summed E-state index contributed by atoms with van der Waals surface area (Å²) in [6, 6.07) is 15.0. The fourth-order valence-electron chi connectivity index (χ4n) is 1.78. The molecule has 1 amide bonds. The Bertz CT molecular complexity index is 581. The number of carbonyl (C=O) groups is 1. The van der Waals surface area contributed by atoms with Crippen LogP contribution in [0.1, 0.15) is 23.7 Å². The lowest BCUT2D eigenvalue weighted by molar-refractivity contribution is 0.102. The van der Waals surface area contributed by atoms with E-state index >= 15 is 0 Å². The van der Waals surface area contributed by atoms with Gasteiger partial charge in [0.2, 0.25) is 0 Å². The second-order valence-electron chi connectivity index (χ2n) is 4.47. The number of benzene rings is 2. The maximum absolute atomic E-state index is 12.1. The molecule has 104 valence electrons. The lowest BCUT2D eigenvalue weighted by atomic mass is 10.2. The maximum atomic E-state index is 12.1. The van der Waals surface area contributed by atoms with Gasteiger partial charge in [-0.3, -0.25) is 4.79 Å². The Morgan fingerprint density at radius 1 is 1.10 bits per heavy atom. The summed E-state index contributed by atoms with van der Waals surface area (Å²) in [5, 5.41) is 6.15. The van der Waals surface area contributed by atoms with E-state index in [1.54, 1.807) is 0 Å². The molecule has 0 aliphatic carbocycles. The Kier molecular flexibility index (Phi) is 5.18. The summed E-state index contributed by atoms with van der Waals surface area (Å²) in [5.74, 6) is -0.106. The number of hydrogen-bond acceptors (Lipinski definition) is 2. The van der Waals surface area contributed by atoms with Gasteiger partial charge in [0.15, 0.2) is 0 Å². The summed E-state index contributed by atoms with van der Waals surface area (Å²) in [7, 11) is 0. The van der Waals surface area contributed by atoms with E-state index in [2.05, 4.69) is 33.5 Å². The Hall–Kier alpha value is -1.81. The quantitative estimate of drug-likeness (QED) is 0.844. The van der Waals surface area contributed by atoms with Crippen LogP contribution < -0.4 is 10.6 Å². The van der Waals surface area contributed by atoms with Gasteiger partial charge < -0.3 is 10.6 Å². The van der Waals surface area contributed by atoms with Gasteiger partial charge >= 0.3 is 0 Å². The second kappa shape index (κ2) is 7.10. The predicted molar refractivity (Wildman–Crippen MR) is 87.3 cm³/mol. The first-order valence-corrected chi connectivity index (χ1v) is 7.39. The van der Waals surface area contributed by atoms with E-state index < -0.39 is 0 Å². The molecule has 0 unspecified atom stereocenters. The van der Waals surface area contributed by atoms with Crippen LogP contribution >= 0.6 is 15.9 Å². The minimum absolute atomic E-state index is 0.106. The fraction of sp³-hybridized carbons (Fsp3) is 0.188. The van der Waals surface area contributed by atoms with Crippen LogP contribution in [-0.2, 0) is 0 Å². The van der Waals surface area contributed by atoms with Gasteiger partial charge in [0.25, 0.3) is 5.91 Å². The zero-order valence-corrected chi connectivity index (χ0v) is 12.9. The summed E-state index contributed by atoms with van der Waals surface area (Å²) >= 11 is 3.38. The van der Waals surface area contributed by atoms with Gasteiger partial charge in [0.05, 0.1) is 0 Å². The minimum Gasteiger partial charge on any atom is -0.385 e. The van der Waals surface area contributed by atoms with Crippen molar-refractivity contribution in [3.8, 4) is 0 Å². The first kappa shape index (κ1) is 14.6. The first-order chi connectivity index (χ1) is 9.69. The molecule has 3 nitrogen and oxygen atoms in total. The molecule has 0 spiro atoms. The number of rotatable bonds is 5. The highest BCUT2D eigenvalue weighted by Gasteiger charge is 2.06. The molecule has 0 fully saturated rings. The highest BCUT2D eigenvalue weighted by molar-refractivity contribution is 9.10. The van der Waals surface area contributed by atoms with E-state index in [1.165, 1.54) is 0 Å². The normalized spacial score (nSPS) is 10.1. The molecule has 0 radical (unpaired) electrons. The average molecular weight is 333 g/mol. The standard InChI is InChI=1S/C16H17BrN2O/c1-2-10-18-14-8-6-12(7-9-14)16(20)19-15-5-3-4-13(17)11-15/h3-9,11,18H,2,10H2,1H3,(H,19,20). The van der Waals surface area contributed by atoms with Crippen LogP contribution in [0.25, 0.3) is 0 Å². The molecule has 2 aromatic rings. The van der Waals surface area contributed by atoms with Crippen molar-refractivity contribution in [1.82, 2.24) is 0 Å². The zero-order chi connectivity index (χ0) is 14.4. The third-order valence-corrected chi connectivity index (χ3v) is 3.30. The number of hydrogen-bond donors (Lipinski definition) is 2. The summed E-state index contributed by atoms with van der Waals surface area (Å²) in [6.45, 7) is 3.05. The van der Waals surface area contributed by atoms with Crippen molar-refractivity contribution >= 4 is 33.2 Å². The van der Waals surface area contributed by atoms with Gasteiger partial charge in [-0.2, -0.15) is 0 Å². The SMILES string of the molecule is CCCNc1ccc(C(=O)Nc2cccc(Br)c2)cc1. The first-order valence-electron chi connectivity index (χ1n) is 6.60. The van der Waals surface area contributed by atoms with Crippen LogP contribution in [0.5, 0.6) is 0 Å². The van der Waals surface area contributed by atoms with Gasteiger partial charge in [0, 0.05) is 28.0 Å². The lowest BCUT2D eigenvalue weighted by Crippen LogP contribution is -2.11. The van der Waals surface area contributed by atoms with Crippen LogP contribution in [0.2, 0.25) is 0 Å². The van der Waals surface area contributed by atoms with Gasteiger partial charge in [0.1, 0.15) is 0 Å². The van der Waals surface area contributed by atoms with Crippen molar-refractivity contribution in [1.29, 1.82) is 0 Å². The van der Waals surface area contributed by atoms with Crippen LogP contribution in [-0.4, -0.2) is 12.5 Å². The van der Waals surface area contributed by atoms with E-state index in [0.717, 1.165) is 28.8 Å². The minimum atomic E-state index is -0.106. The lowest BCUT2D eigenvalue weighted by Gasteiger charge is -2.07. The van der Waals surface area contributed by atoms with Crippen LogP contribution in [0.15, 0.2) is 53.0 Å². The summed E-state index contributed by atoms with van der Waals surface area (Å²) in [6.07, 6.45) is 1.07. The van der Waals surface area contributed by atoms with E-state index in [4.69, 9.17) is 0 Å². The van der Waals surface area contributed by atoms with Crippen LogP contribution in [0, 0.1) is 0 Å². The molecule has 0 saturated carbocycles. The third kappa shape index (κ3) is 4.10. The zero-order valence-electron chi connectivity index (χ0n) is 11.3. The summed E-state index contributed by atoms with van der Waals surface area (Å²) in [4.78, 5) is 12.1. The number of nitrogens with one attached hydrogen (secondary N) is 2. The number of amides is 1. The molecule has 0 heterocycles. The molecule has 0 aromatic heterocycles.